The van der Waals surface area contributed by atoms with Crippen molar-refractivity contribution in [1.29, 1.82) is 0 Å². The highest BCUT2D eigenvalue weighted by Gasteiger charge is 2.27. The SMILES string of the molecule is Oc1ccc(C2CCc3ccccc32)c(O)c1O. The molecule has 0 spiro atoms. The molecule has 92 valence electrons. The second-order valence-electron chi connectivity index (χ2n) is 4.66. The number of hydrogen-bond acceptors (Lipinski definition) is 3. The Kier molecular flexibility index (Phi) is 2.40. The van der Waals surface area contributed by atoms with Crippen LogP contribution in [0.15, 0.2) is 36.4 Å². The third-order valence-corrected chi connectivity index (χ3v) is 3.67. The number of hydrogen-bond donors (Lipinski definition) is 3. The van der Waals surface area contributed by atoms with E-state index in [1.54, 1.807) is 6.07 Å². The predicted octanol–water partition coefficient (Wildman–Crippen LogP) is 2.88. The zero-order chi connectivity index (χ0) is 12.7. The molecule has 1 unspecified atom stereocenters. The normalized spacial score (nSPS) is 17.7. The van der Waals surface area contributed by atoms with Gasteiger partial charge in [0.2, 0.25) is 5.75 Å². The van der Waals surface area contributed by atoms with Gasteiger partial charge in [-0.15, -0.1) is 0 Å². The van der Waals surface area contributed by atoms with Crippen LogP contribution in [0.4, 0.5) is 0 Å². The van der Waals surface area contributed by atoms with Gasteiger partial charge >= 0.3 is 0 Å². The summed E-state index contributed by atoms with van der Waals surface area (Å²) in [6, 6.07) is 11.2. The zero-order valence-electron chi connectivity index (χ0n) is 9.80. The Bertz CT molecular complexity index is 605. The van der Waals surface area contributed by atoms with Crippen LogP contribution in [0.2, 0.25) is 0 Å². The van der Waals surface area contributed by atoms with E-state index in [0.717, 1.165) is 12.8 Å². The monoisotopic (exact) mass is 242 g/mol. The van der Waals surface area contributed by atoms with Crippen LogP contribution in [0.1, 0.15) is 29.0 Å². The molecule has 1 aliphatic carbocycles. The van der Waals surface area contributed by atoms with Gasteiger partial charge in [-0.05, 0) is 30.0 Å². The van der Waals surface area contributed by atoms with Crippen LogP contribution in [0.5, 0.6) is 17.2 Å². The number of phenolic OH excluding ortho intramolecular Hbond substituents is 3. The Hall–Kier alpha value is -2.16. The number of benzene rings is 2. The molecule has 3 nitrogen and oxygen atoms in total. The maximum Gasteiger partial charge on any atom is 0.200 e. The topological polar surface area (TPSA) is 60.7 Å². The van der Waals surface area contributed by atoms with E-state index in [1.807, 2.05) is 12.1 Å². The van der Waals surface area contributed by atoms with E-state index in [-0.39, 0.29) is 17.4 Å². The standard InChI is InChI=1S/C15H14O3/c16-13-8-7-12(14(17)15(13)18)11-6-5-9-3-1-2-4-10(9)11/h1-4,7-8,11,16-18H,5-6H2. The average Bonchev–Trinajstić information content (AvgIpc) is 2.80. The molecule has 0 saturated carbocycles. The van der Waals surface area contributed by atoms with Crippen molar-refractivity contribution in [3.8, 4) is 17.2 Å². The number of rotatable bonds is 1. The highest BCUT2D eigenvalue weighted by atomic mass is 16.3. The Morgan fingerprint density at radius 2 is 1.61 bits per heavy atom. The molecule has 2 aromatic carbocycles. The van der Waals surface area contributed by atoms with Crippen LogP contribution < -0.4 is 0 Å². The van der Waals surface area contributed by atoms with Gasteiger partial charge in [-0.25, -0.2) is 0 Å². The number of fused-ring (bicyclic) bond motifs is 1. The summed E-state index contributed by atoms with van der Waals surface area (Å²) in [6.45, 7) is 0. The van der Waals surface area contributed by atoms with E-state index in [9.17, 15) is 15.3 Å². The lowest BCUT2D eigenvalue weighted by atomic mass is 9.92. The Labute approximate surface area is 105 Å². The Morgan fingerprint density at radius 3 is 2.44 bits per heavy atom. The molecule has 18 heavy (non-hydrogen) atoms. The van der Waals surface area contributed by atoms with Gasteiger partial charge in [0.15, 0.2) is 11.5 Å². The molecule has 0 fully saturated rings. The second kappa shape index (κ2) is 3.95. The summed E-state index contributed by atoms with van der Waals surface area (Å²) < 4.78 is 0. The minimum absolute atomic E-state index is 0.0905. The van der Waals surface area contributed by atoms with Crippen molar-refractivity contribution in [2.45, 2.75) is 18.8 Å². The van der Waals surface area contributed by atoms with Crippen LogP contribution in [0, 0.1) is 0 Å². The Morgan fingerprint density at radius 1 is 0.833 bits per heavy atom. The first-order chi connectivity index (χ1) is 8.68. The van der Waals surface area contributed by atoms with E-state index >= 15 is 0 Å². The van der Waals surface area contributed by atoms with Gasteiger partial charge in [-0.3, -0.25) is 0 Å². The number of phenols is 3. The molecule has 0 heterocycles. The minimum atomic E-state index is -0.433. The molecule has 3 rings (SSSR count). The van der Waals surface area contributed by atoms with Crippen molar-refractivity contribution < 1.29 is 15.3 Å². The first-order valence-electron chi connectivity index (χ1n) is 6.00. The summed E-state index contributed by atoms with van der Waals surface area (Å²) in [4.78, 5) is 0. The summed E-state index contributed by atoms with van der Waals surface area (Å²) in [5, 5.41) is 28.9. The minimum Gasteiger partial charge on any atom is -0.504 e. The van der Waals surface area contributed by atoms with Gasteiger partial charge in [0, 0.05) is 11.5 Å². The van der Waals surface area contributed by atoms with Gasteiger partial charge in [0.05, 0.1) is 0 Å². The van der Waals surface area contributed by atoms with Gasteiger partial charge in [-0.1, -0.05) is 30.3 Å². The largest absolute Gasteiger partial charge is 0.504 e. The zero-order valence-corrected chi connectivity index (χ0v) is 9.80. The summed E-state index contributed by atoms with van der Waals surface area (Å²) in [7, 11) is 0. The van der Waals surface area contributed by atoms with Crippen molar-refractivity contribution in [2.24, 2.45) is 0 Å². The van der Waals surface area contributed by atoms with Crippen molar-refractivity contribution in [2.75, 3.05) is 0 Å². The third kappa shape index (κ3) is 1.51. The van der Waals surface area contributed by atoms with Crippen LogP contribution >= 0.6 is 0 Å². The molecule has 1 aliphatic rings. The Balaban J connectivity index is 2.11. The van der Waals surface area contributed by atoms with E-state index in [0.29, 0.717) is 5.56 Å². The lowest BCUT2D eigenvalue weighted by molar-refractivity contribution is 0.364. The molecule has 1 atom stereocenters. The third-order valence-electron chi connectivity index (χ3n) is 3.67. The van der Waals surface area contributed by atoms with E-state index < -0.39 is 5.75 Å². The maximum absolute atomic E-state index is 9.95. The highest BCUT2D eigenvalue weighted by molar-refractivity contribution is 5.57. The smallest absolute Gasteiger partial charge is 0.200 e. The first kappa shape index (κ1) is 11.0. The molecule has 0 aromatic heterocycles. The quantitative estimate of drug-likeness (QED) is 0.674. The van der Waals surface area contributed by atoms with Crippen molar-refractivity contribution in [1.82, 2.24) is 0 Å². The fourth-order valence-electron chi connectivity index (χ4n) is 2.75. The molecule has 2 aromatic rings. The average molecular weight is 242 g/mol. The molecule has 0 saturated heterocycles. The fraction of sp³-hybridized carbons (Fsp3) is 0.200. The van der Waals surface area contributed by atoms with Crippen molar-refractivity contribution >= 4 is 0 Å². The van der Waals surface area contributed by atoms with Crippen LogP contribution in [0.3, 0.4) is 0 Å². The van der Waals surface area contributed by atoms with E-state index in [2.05, 4.69) is 12.1 Å². The van der Waals surface area contributed by atoms with Crippen LogP contribution in [-0.2, 0) is 6.42 Å². The molecule has 3 heteroatoms. The van der Waals surface area contributed by atoms with Crippen molar-refractivity contribution in [3.63, 3.8) is 0 Å². The van der Waals surface area contributed by atoms with Gasteiger partial charge in [0.25, 0.3) is 0 Å². The molecule has 0 aliphatic heterocycles. The first-order valence-corrected chi connectivity index (χ1v) is 6.00. The van der Waals surface area contributed by atoms with Crippen molar-refractivity contribution in [3.05, 3.63) is 53.1 Å². The molecule has 0 radical (unpaired) electrons. The summed E-state index contributed by atoms with van der Waals surface area (Å²) >= 11 is 0. The van der Waals surface area contributed by atoms with Gasteiger partial charge < -0.3 is 15.3 Å². The highest BCUT2D eigenvalue weighted by Crippen LogP contribution is 2.46. The van der Waals surface area contributed by atoms with Crippen LogP contribution in [-0.4, -0.2) is 15.3 Å². The van der Waals surface area contributed by atoms with Crippen LogP contribution in [0.25, 0.3) is 0 Å². The summed E-state index contributed by atoms with van der Waals surface area (Å²) in [5.41, 5.74) is 3.16. The fourth-order valence-corrected chi connectivity index (χ4v) is 2.75. The number of aryl methyl sites for hydroxylation is 1. The summed E-state index contributed by atoms with van der Waals surface area (Å²) in [5.74, 6) is -0.844. The number of aromatic hydroxyl groups is 3. The van der Waals surface area contributed by atoms with Gasteiger partial charge in [0.1, 0.15) is 0 Å². The van der Waals surface area contributed by atoms with E-state index in [1.165, 1.54) is 17.2 Å². The van der Waals surface area contributed by atoms with E-state index in [4.69, 9.17) is 0 Å². The molecule has 0 bridgehead atoms. The lowest BCUT2D eigenvalue weighted by Gasteiger charge is -2.15. The second-order valence-corrected chi connectivity index (χ2v) is 4.66. The van der Waals surface area contributed by atoms with Gasteiger partial charge in [-0.2, -0.15) is 0 Å². The molecule has 3 N–H and O–H groups in total. The molecular formula is C15H14O3. The molecule has 0 amide bonds. The summed E-state index contributed by atoms with van der Waals surface area (Å²) in [6.07, 6.45) is 1.89. The maximum atomic E-state index is 9.95. The predicted molar refractivity (Wildman–Crippen MR) is 68.0 cm³/mol. The molecular weight excluding hydrogens is 228 g/mol. The lowest BCUT2D eigenvalue weighted by Crippen LogP contribution is -1.96.